The molecule has 0 aliphatic carbocycles. The van der Waals surface area contributed by atoms with Crippen LogP contribution in [0, 0.1) is 12.3 Å². The highest BCUT2D eigenvalue weighted by Gasteiger charge is 2.46. The number of carbonyl (C=O) groups is 1. The Morgan fingerprint density at radius 1 is 1.29 bits per heavy atom. The third-order valence-electron chi connectivity index (χ3n) is 4.71. The summed E-state index contributed by atoms with van der Waals surface area (Å²) < 4.78 is 7.31. The first kappa shape index (κ1) is 14.6. The van der Waals surface area contributed by atoms with Crippen molar-refractivity contribution in [2.75, 3.05) is 26.3 Å². The highest BCUT2D eigenvalue weighted by molar-refractivity contribution is 5.95. The van der Waals surface area contributed by atoms with E-state index in [4.69, 9.17) is 4.74 Å². The molecule has 2 saturated heterocycles. The molecule has 2 aliphatic rings. The highest BCUT2D eigenvalue weighted by atomic mass is 16.5. The van der Waals surface area contributed by atoms with Crippen molar-refractivity contribution in [1.29, 1.82) is 0 Å². The van der Waals surface area contributed by atoms with Crippen LogP contribution >= 0.6 is 0 Å². The number of rotatable bonds is 1. The molecule has 5 nitrogen and oxygen atoms in total. The van der Waals surface area contributed by atoms with Gasteiger partial charge in [0.25, 0.3) is 5.91 Å². The monoisotopic (exact) mass is 291 g/mol. The SMILES string of the molecule is Cc1nn(C(C)(C)C)cc1C(=O)N1CC2(CCOCC2)C1. The zero-order valence-corrected chi connectivity index (χ0v) is 13.5. The Bertz CT molecular complexity index is 542. The van der Waals surface area contributed by atoms with Gasteiger partial charge in [-0.2, -0.15) is 5.10 Å². The van der Waals surface area contributed by atoms with E-state index in [1.54, 1.807) is 0 Å². The van der Waals surface area contributed by atoms with Gasteiger partial charge in [0.15, 0.2) is 0 Å². The molecule has 116 valence electrons. The van der Waals surface area contributed by atoms with Crippen LogP contribution in [-0.2, 0) is 10.3 Å². The Morgan fingerprint density at radius 2 is 1.90 bits per heavy atom. The Balaban J connectivity index is 1.71. The lowest BCUT2D eigenvalue weighted by Gasteiger charge is -2.52. The van der Waals surface area contributed by atoms with E-state index >= 15 is 0 Å². The molecule has 0 saturated carbocycles. The molecular weight excluding hydrogens is 266 g/mol. The summed E-state index contributed by atoms with van der Waals surface area (Å²) in [5, 5.41) is 4.50. The number of likely N-dealkylation sites (tertiary alicyclic amines) is 1. The minimum atomic E-state index is -0.0971. The van der Waals surface area contributed by atoms with Gasteiger partial charge >= 0.3 is 0 Å². The van der Waals surface area contributed by atoms with Crippen LogP contribution in [0.15, 0.2) is 6.20 Å². The van der Waals surface area contributed by atoms with Crippen LogP contribution in [0.4, 0.5) is 0 Å². The minimum Gasteiger partial charge on any atom is -0.381 e. The van der Waals surface area contributed by atoms with Gasteiger partial charge in [0.05, 0.1) is 16.8 Å². The number of carbonyl (C=O) groups excluding carboxylic acids is 1. The summed E-state index contributed by atoms with van der Waals surface area (Å²) in [6, 6.07) is 0. The van der Waals surface area contributed by atoms with E-state index in [0.29, 0.717) is 5.41 Å². The summed E-state index contributed by atoms with van der Waals surface area (Å²) in [5.41, 5.74) is 1.79. The molecule has 0 N–H and O–H groups in total. The molecule has 2 fully saturated rings. The molecule has 1 spiro atoms. The summed E-state index contributed by atoms with van der Waals surface area (Å²) in [7, 11) is 0. The van der Waals surface area contributed by atoms with Gasteiger partial charge in [-0.05, 0) is 40.5 Å². The van der Waals surface area contributed by atoms with Crippen molar-refractivity contribution >= 4 is 5.91 Å². The zero-order valence-electron chi connectivity index (χ0n) is 13.5. The first-order valence-electron chi connectivity index (χ1n) is 7.75. The fourth-order valence-electron chi connectivity index (χ4n) is 3.21. The van der Waals surface area contributed by atoms with Gasteiger partial charge in [-0.15, -0.1) is 0 Å². The number of hydrogen-bond acceptors (Lipinski definition) is 3. The molecule has 1 aromatic rings. The van der Waals surface area contributed by atoms with Crippen molar-refractivity contribution < 1.29 is 9.53 Å². The molecule has 21 heavy (non-hydrogen) atoms. The van der Waals surface area contributed by atoms with E-state index in [-0.39, 0.29) is 11.4 Å². The molecule has 0 atom stereocenters. The molecule has 0 bridgehead atoms. The molecule has 0 aromatic carbocycles. The standard InChI is InChI=1S/C16H25N3O2/c1-12-13(9-19(17-12)15(2,3)4)14(20)18-10-16(11-18)5-7-21-8-6-16/h9H,5-8,10-11H2,1-4H3. The van der Waals surface area contributed by atoms with Crippen LogP contribution in [0.1, 0.15) is 49.7 Å². The summed E-state index contributed by atoms with van der Waals surface area (Å²) in [6.07, 6.45) is 4.06. The summed E-state index contributed by atoms with van der Waals surface area (Å²) in [6.45, 7) is 11.6. The van der Waals surface area contributed by atoms with E-state index in [2.05, 4.69) is 25.9 Å². The number of amides is 1. The number of hydrogen-bond donors (Lipinski definition) is 0. The number of aryl methyl sites for hydroxylation is 1. The van der Waals surface area contributed by atoms with Gasteiger partial charge in [-0.3, -0.25) is 9.48 Å². The van der Waals surface area contributed by atoms with E-state index < -0.39 is 0 Å². The minimum absolute atomic E-state index is 0.0971. The topological polar surface area (TPSA) is 47.4 Å². The van der Waals surface area contributed by atoms with Crippen LogP contribution in [0.5, 0.6) is 0 Å². The van der Waals surface area contributed by atoms with Gasteiger partial charge < -0.3 is 9.64 Å². The zero-order chi connectivity index (χ0) is 15.3. The van der Waals surface area contributed by atoms with Crippen LogP contribution < -0.4 is 0 Å². The Morgan fingerprint density at radius 3 is 2.43 bits per heavy atom. The normalized spacial score (nSPS) is 21.4. The third-order valence-corrected chi connectivity index (χ3v) is 4.71. The molecule has 2 aliphatic heterocycles. The fraction of sp³-hybridized carbons (Fsp3) is 0.750. The van der Waals surface area contributed by atoms with Gasteiger partial charge in [0, 0.05) is 37.9 Å². The van der Waals surface area contributed by atoms with Crippen molar-refractivity contribution in [2.45, 2.75) is 46.1 Å². The average Bonchev–Trinajstić information content (AvgIpc) is 2.78. The Kier molecular flexibility index (Phi) is 3.35. The van der Waals surface area contributed by atoms with Crippen LogP contribution in [0.3, 0.4) is 0 Å². The quantitative estimate of drug-likeness (QED) is 0.797. The van der Waals surface area contributed by atoms with Gasteiger partial charge in [-0.25, -0.2) is 0 Å². The second-order valence-corrected chi connectivity index (χ2v) is 7.52. The van der Waals surface area contributed by atoms with Gasteiger partial charge in [0.2, 0.25) is 0 Å². The fourth-order valence-corrected chi connectivity index (χ4v) is 3.21. The molecule has 0 radical (unpaired) electrons. The molecule has 1 aromatic heterocycles. The third kappa shape index (κ3) is 2.59. The lowest BCUT2D eigenvalue weighted by atomic mass is 9.73. The molecular formula is C16H25N3O2. The van der Waals surface area contributed by atoms with E-state index in [1.165, 1.54) is 0 Å². The number of aromatic nitrogens is 2. The van der Waals surface area contributed by atoms with Crippen LogP contribution in [-0.4, -0.2) is 46.9 Å². The maximum atomic E-state index is 12.7. The number of ether oxygens (including phenoxy) is 1. The predicted molar refractivity (Wildman–Crippen MR) is 80.3 cm³/mol. The lowest BCUT2D eigenvalue weighted by Crippen LogP contribution is -2.60. The lowest BCUT2D eigenvalue weighted by molar-refractivity contribution is -0.0666. The largest absolute Gasteiger partial charge is 0.381 e. The molecule has 0 unspecified atom stereocenters. The first-order valence-corrected chi connectivity index (χ1v) is 7.75. The highest BCUT2D eigenvalue weighted by Crippen LogP contribution is 2.40. The molecule has 5 heteroatoms. The summed E-state index contributed by atoms with van der Waals surface area (Å²) in [4.78, 5) is 14.6. The van der Waals surface area contributed by atoms with Crippen LogP contribution in [0.25, 0.3) is 0 Å². The van der Waals surface area contributed by atoms with Crippen LogP contribution in [0.2, 0.25) is 0 Å². The smallest absolute Gasteiger partial charge is 0.257 e. The van der Waals surface area contributed by atoms with Crippen molar-refractivity contribution in [1.82, 2.24) is 14.7 Å². The van der Waals surface area contributed by atoms with Crippen molar-refractivity contribution in [3.63, 3.8) is 0 Å². The van der Waals surface area contributed by atoms with Crippen molar-refractivity contribution in [3.05, 3.63) is 17.5 Å². The first-order chi connectivity index (χ1) is 9.81. The Labute approximate surface area is 126 Å². The molecule has 1 amide bonds. The average molecular weight is 291 g/mol. The summed E-state index contributed by atoms with van der Waals surface area (Å²) in [5.74, 6) is 0.125. The Hall–Kier alpha value is -1.36. The van der Waals surface area contributed by atoms with E-state index in [1.807, 2.05) is 22.7 Å². The number of nitrogens with zero attached hydrogens (tertiary/aromatic N) is 3. The second kappa shape index (κ2) is 4.83. The maximum Gasteiger partial charge on any atom is 0.257 e. The summed E-state index contributed by atoms with van der Waals surface area (Å²) >= 11 is 0. The van der Waals surface area contributed by atoms with E-state index in [0.717, 1.165) is 50.4 Å². The molecule has 3 heterocycles. The molecule has 3 rings (SSSR count). The van der Waals surface area contributed by atoms with E-state index in [9.17, 15) is 4.79 Å². The maximum absolute atomic E-state index is 12.7. The predicted octanol–water partition coefficient (Wildman–Crippen LogP) is 2.20. The van der Waals surface area contributed by atoms with Crippen molar-refractivity contribution in [3.8, 4) is 0 Å². The second-order valence-electron chi connectivity index (χ2n) is 7.52. The van der Waals surface area contributed by atoms with Gasteiger partial charge in [0.1, 0.15) is 0 Å². The van der Waals surface area contributed by atoms with Crippen molar-refractivity contribution in [2.24, 2.45) is 5.41 Å². The van der Waals surface area contributed by atoms with Gasteiger partial charge in [-0.1, -0.05) is 0 Å².